The first-order chi connectivity index (χ1) is 42.0. The van der Waals surface area contributed by atoms with Crippen LogP contribution in [-0.2, 0) is 29.1 Å². The second-order valence-electron chi connectivity index (χ2n) is 25.6. The van der Waals surface area contributed by atoms with Gasteiger partial charge in [0.1, 0.15) is 24.0 Å². The fourth-order valence-corrected chi connectivity index (χ4v) is 11.9. The number of anilines is 4. The molecule has 0 amide bonds. The van der Waals surface area contributed by atoms with E-state index in [2.05, 4.69) is 248 Å². The van der Waals surface area contributed by atoms with Crippen molar-refractivity contribution in [3.8, 4) is 61.8 Å². The molecule has 1 aliphatic rings. The van der Waals surface area contributed by atoms with Crippen molar-refractivity contribution >= 4 is 44.6 Å². The number of pyridine rings is 1. The number of hydrogen-bond acceptors (Lipinski definition) is 4. The molecule has 11 aromatic rings. The molecular formula is C78H78N4O. The monoisotopic (exact) mass is 1090 g/mol. The Labute approximate surface area is 499 Å². The zero-order chi connectivity index (χ0) is 62.1. The Hall–Kier alpha value is -8.67. The van der Waals surface area contributed by atoms with E-state index in [1.165, 1.54) is 21.9 Å². The SMILES string of the molecule is [2H]c1c([2H])c([2H])c(-c2cc(-c3cc(C(C)(C)C)cc(-c4cccc(-c5ccccc5)c4)c3N3CN(c4cccc(Oc5cc6c(cc5CCC)c5cc(CCC)ccc5n6-c5cc(C(C)(C)C)ccn5)c4)c4ccccc43)cc(C(C)(C)C)c2)c([2H])c1[2H]. The van der Waals surface area contributed by atoms with Gasteiger partial charge in [-0.05, 0) is 169 Å². The van der Waals surface area contributed by atoms with Crippen LogP contribution in [0.3, 0.4) is 0 Å². The molecule has 83 heavy (non-hydrogen) atoms. The normalized spacial score (nSPS) is 13.7. The molecule has 5 heteroatoms. The van der Waals surface area contributed by atoms with E-state index in [9.17, 15) is 2.74 Å². The largest absolute Gasteiger partial charge is 0.457 e. The summed E-state index contributed by atoms with van der Waals surface area (Å²) in [7, 11) is 0. The zero-order valence-corrected chi connectivity index (χ0v) is 50.1. The van der Waals surface area contributed by atoms with Gasteiger partial charge in [0, 0.05) is 45.9 Å². The second-order valence-corrected chi connectivity index (χ2v) is 25.6. The number of aryl methyl sites for hydroxylation is 2. The van der Waals surface area contributed by atoms with E-state index in [-0.39, 0.29) is 46.0 Å². The summed E-state index contributed by atoms with van der Waals surface area (Å²) in [5.41, 5.74) is 18.1. The lowest BCUT2D eigenvalue weighted by Gasteiger charge is -2.31. The molecule has 0 saturated heterocycles. The van der Waals surface area contributed by atoms with Crippen LogP contribution in [0, 0.1) is 0 Å². The van der Waals surface area contributed by atoms with Crippen LogP contribution < -0.4 is 14.5 Å². The van der Waals surface area contributed by atoms with Gasteiger partial charge in [-0.3, -0.25) is 4.57 Å². The van der Waals surface area contributed by atoms with E-state index in [0.717, 1.165) is 127 Å². The Bertz CT molecular complexity index is 4480. The summed E-state index contributed by atoms with van der Waals surface area (Å²) < 4.78 is 54.1. The molecule has 0 radical (unpaired) electrons. The Morgan fingerprint density at radius 2 is 1.11 bits per heavy atom. The zero-order valence-electron chi connectivity index (χ0n) is 55.1. The van der Waals surface area contributed by atoms with Crippen LogP contribution in [0.15, 0.2) is 212 Å². The summed E-state index contributed by atoms with van der Waals surface area (Å²) in [5.74, 6) is 2.41. The molecule has 416 valence electrons. The van der Waals surface area contributed by atoms with Crippen molar-refractivity contribution in [2.45, 2.75) is 118 Å². The number of ether oxygens (including phenoxy) is 1. The molecule has 0 bridgehead atoms. The van der Waals surface area contributed by atoms with Gasteiger partial charge < -0.3 is 14.5 Å². The molecule has 0 atom stereocenters. The molecule has 0 fully saturated rings. The molecule has 0 aliphatic carbocycles. The van der Waals surface area contributed by atoms with Crippen LogP contribution in [0.1, 0.15) is 124 Å². The topological polar surface area (TPSA) is 33.5 Å². The first-order valence-electron chi connectivity index (χ1n) is 32.1. The lowest BCUT2D eigenvalue weighted by Crippen LogP contribution is -2.25. The van der Waals surface area contributed by atoms with Crippen molar-refractivity contribution in [3.63, 3.8) is 0 Å². The maximum Gasteiger partial charge on any atom is 0.137 e. The van der Waals surface area contributed by atoms with E-state index in [1.54, 1.807) is 0 Å². The number of benzene rings is 9. The van der Waals surface area contributed by atoms with Gasteiger partial charge in [-0.2, -0.15) is 0 Å². The van der Waals surface area contributed by atoms with Crippen LogP contribution in [-0.4, -0.2) is 16.2 Å². The number of rotatable bonds is 13. The van der Waals surface area contributed by atoms with Crippen molar-refractivity contribution < 1.29 is 11.6 Å². The Morgan fingerprint density at radius 1 is 0.482 bits per heavy atom. The Kier molecular flexibility index (Phi) is 12.9. The van der Waals surface area contributed by atoms with Crippen LogP contribution in [0.4, 0.5) is 22.7 Å². The van der Waals surface area contributed by atoms with Crippen molar-refractivity contribution in [1.82, 2.24) is 9.55 Å². The number of fused-ring (bicyclic) bond motifs is 4. The van der Waals surface area contributed by atoms with Crippen LogP contribution >= 0.6 is 0 Å². The van der Waals surface area contributed by atoms with E-state index >= 15 is 0 Å². The maximum absolute atomic E-state index is 9.24. The lowest BCUT2D eigenvalue weighted by molar-refractivity contribution is 0.476. The Morgan fingerprint density at radius 3 is 1.83 bits per heavy atom. The smallest absolute Gasteiger partial charge is 0.137 e. The summed E-state index contributed by atoms with van der Waals surface area (Å²) in [6, 6.07) is 61.6. The third kappa shape index (κ3) is 10.9. The summed E-state index contributed by atoms with van der Waals surface area (Å²) in [5, 5.41) is 2.40. The summed E-state index contributed by atoms with van der Waals surface area (Å²) in [6.45, 7) is 24.9. The lowest BCUT2D eigenvalue weighted by atomic mass is 9.79. The fourth-order valence-electron chi connectivity index (χ4n) is 11.9. The van der Waals surface area contributed by atoms with E-state index in [1.807, 2.05) is 24.4 Å². The van der Waals surface area contributed by atoms with Crippen LogP contribution in [0.5, 0.6) is 11.5 Å². The standard InChI is InChI=1S/C78H78N4O/c1-12-24-52-36-37-69-67(40-52)68-45-57(25-13-2)73(50-72(68)82(69)74-48-60(38-39-79-74)76(3,4)5)83-64-33-23-32-63(49-64)80-51-81(71-35-21-20-34-70(71)80)75-65(56-31-22-30-55(41-56)53-26-16-14-17-27-53)46-62(78(9,10)11)47-66(75)59-42-58(54-28-18-15-19-29-54)43-61(44-59)77(6,7)8/h14-23,26-50H,12-13,24-25,51H2,1-11H3/i15D,18D,19D,28D,29D. The third-order valence-corrected chi connectivity index (χ3v) is 16.4. The molecule has 0 unspecified atom stereocenters. The van der Waals surface area contributed by atoms with Gasteiger partial charge in [-0.25, -0.2) is 4.98 Å². The van der Waals surface area contributed by atoms with Gasteiger partial charge in [0.15, 0.2) is 0 Å². The average Bonchev–Trinajstić information content (AvgIpc) is 1.89. The molecule has 3 heterocycles. The molecule has 0 N–H and O–H groups in total. The minimum atomic E-state index is -0.415. The van der Waals surface area contributed by atoms with Gasteiger partial charge >= 0.3 is 0 Å². The fraction of sp³-hybridized carbons (Fsp3) is 0.244. The van der Waals surface area contributed by atoms with E-state index in [4.69, 9.17) is 13.8 Å². The number of para-hydroxylation sites is 2. The summed E-state index contributed by atoms with van der Waals surface area (Å²) >= 11 is 0. The molecule has 0 spiro atoms. The molecule has 0 saturated carbocycles. The third-order valence-electron chi connectivity index (χ3n) is 16.4. The summed E-state index contributed by atoms with van der Waals surface area (Å²) in [6.07, 6.45) is 5.80. The molecule has 1 aliphatic heterocycles. The van der Waals surface area contributed by atoms with Crippen molar-refractivity contribution in [1.29, 1.82) is 0 Å². The van der Waals surface area contributed by atoms with Crippen LogP contribution in [0.2, 0.25) is 0 Å². The predicted octanol–water partition coefficient (Wildman–Crippen LogP) is 21.7. The number of aromatic nitrogens is 2. The molecule has 9 aromatic carbocycles. The van der Waals surface area contributed by atoms with Gasteiger partial charge in [-0.1, -0.05) is 204 Å². The highest BCUT2D eigenvalue weighted by molar-refractivity contribution is 6.10. The van der Waals surface area contributed by atoms with Gasteiger partial charge in [0.25, 0.3) is 0 Å². The number of nitrogens with zero attached hydrogens (tertiary/aromatic N) is 4. The van der Waals surface area contributed by atoms with E-state index < -0.39 is 6.04 Å². The van der Waals surface area contributed by atoms with E-state index in [0.29, 0.717) is 12.2 Å². The molecule has 5 nitrogen and oxygen atoms in total. The maximum atomic E-state index is 9.24. The van der Waals surface area contributed by atoms with Gasteiger partial charge in [-0.15, -0.1) is 0 Å². The number of hydrogen-bond donors (Lipinski definition) is 0. The average molecular weight is 1090 g/mol. The first kappa shape index (κ1) is 49.0. The highest BCUT2D eigenvalue weighted by Gasteiger charge is 2.34. The van der Waals surface area contributed by atoms with Crippen molar-refractivity contribution in [2.24, 2.45) is 0 Å². The first-order valence-corrected chi connectivity index (χ1v) is 29.6. The quantitative estimate of drug-likeness (QED) is 0.115. The highest BCUT2D eigenvalue weighted by atomic mass is 16.5. The van der Waals surface area contributed by atoms with Crippen molar-refractivity contribution in [3.05, 3.63) is 240 Å². The van der Waals surface area contributed by atoms with Gasteiger partial charge in [0.05, 0.1) is 34.9 Å². The molecular weight excluding hydrogens is 1010 g/mol. The summed E-state index contributed by atoms with van der Waals surface area (Å²) in [4.78, 5) is 9.83. The minimum absolute atomic E-state index is 0.0659. The van der Waals surface area contributed by atoms with Crippen LogP contribution in [0.25, 0.3) is 72.1 Å². The molecule has 12 rings (SSSR count). The van der Waals surface area contributed by atoms with Crippen molar-refractivity contribution in [2.75, 3.05) is 16.5 Å². The predicted molar refractivity (Wildman–Crippen MR) is 353 cm³/mol. The second kappa shape index (κ2) is 21.9. The Balaban J connectivity index is 1.04. The van der Waals surface area contributed by atoms with Gasteiger partial charge in [0.2, 0.25) is 0 Å². The molecule has 2 aromatic heterocycles. The minimum Gasteiger partial charge on any atom is -0.457 e. The highest BCUT2D eigenvalue weighted by Crippen LogP contribution is 2.53.